The SMILES string of the molecule is C/C=C\C=C/CC.CC.CC.CN(C)CC(C#N)(CCc1ccccc1)N(C)OC#N. The van der Waals surface area contributed by atoms with Crippen molar-refractivity contribution >= 4 is 0 Å². The molecule has 5 nitrogen and oxygen atoms in total. The van der Waals surface area contributed by atoms with Crippen molar-refractivity contribution < 1.29 is 4.84 Å². The first kappa shape index (κ1) is 33.0. The molecule has 1 aromatic carbocycles. The first-order valence-corrected chi connectivity index (χ1v) is 11.1. The zero-order valence-corrected chi connectivity index (χ0v) is 21.2. The number of hydrogen-bond donors (Lipinski definition) is 0. The Balaban J connectivity index is -0.000000598. The molecule has 5 heteroatoms. The van der Waals surface area contributed by atoms with Crippen LogP contribution < -0.4 is 0 Å². The largest absolute Gasteiger partial charge is 0.326 e. The van der Waals surface area contributed by atoms with Gasteiger partial charge in [-0.1, -0.05) is 89.3 Å². The normalized spacial score (nSPS) is 11.8. The molecule has 0 aliphatic carbocycles. The van der Waals surface area contributed by atoms with Crippen LogP contribution in [0.1, 0.15) is 59.9 Å². The molecule has 0 heterocycles. The summed E-state index contributed by atoms with van der Waals surface area (Å²) in [5.41, 5.74) is 0.311. The summed E-state index contributed by atoms with van der Waals surface area (Å²) < 4.78 is 0. The maximum atomic E-state index is 9.59. The third kappa shape index (κ3) is 16.8. The van der Waals surface area contributed by atoms with Crippen LogP contribution in [0.15, 0.2) is 54.6 Å². The average molecular weight is 429 g/mol. The Morgan fingerprint density at radius 3 is 2.00 bits per heavy atom. The van der Waals surface area contributed by atoms with Gasteiger partial charge in [0.25, 0.3) is 0 Å². The molecule has 0 bridgehead atoms. The van der Waals surface area contributed by atoms with E-state index in [1.807, 2.05) is 96.1 Å². The highest BCUT2D eigenvalue weighted by molar-refractivity contribution is 5.17. The van der Waals surface area contributed by atoms with Crippen LogP contribution in [0.25, 0.3) is 0 Å². The predicted octanol–water partition coefficient (Wildman–Crippen LogP) is 6.37. The number of rotatable bonds is 9. The highest BCUT2D eigenvalue weighted by Gasteiger charge is 2.37. The van der Waals surface area contributed by atoms with Gasteiger partial charge in [0.05, 0.1) is 6.07 Å². The second-order valence-electron chi connectivity index (χ2n) is 6.41. The minimum Gasteiger partial charge on any atom is -0.326 e. The number of aryl methyl sites for hydroxylation is 1. The van der Waals surface area contributed by atoms with E-state index >= 15 is 0 Å². The number of nitriles is 2. The summed E-state index contributed by atoms with van der Waals surface area (Å²) in [4.78, 5) is 6.80. The Hall–Kier alpha value is -2.60. The molecule has 0 spiro atoms. The fraction of sp³-hybridized carbons (Fsp3) is 0.538. The average Bonchev–Trinajstić information content (AvgIpc) is 2.81. The molecule has 1 rings (SSSR count). The number of hydroxylamine groups is 2. The smallest absolute Gasteiger partial charge is 0.307 e. The molecule has 0 saturated heterocycles. The summed E-state index contributed by atoms with van der Waals surface area (Å²) in [6.07, 6.45) is 12.3. The maximum absolute atomic E-state index is 9.59. The second kappa shape index (κ2) is 23.7. The Morgan fingerprint density at radius 1 is 1.00 bits per heavy atom. The Bertz CT molecular complexity index is 642. The lowest BCUT2D eigenvalue weighted by molar-refractivity contribution is -0.137. The monoisotopic (exact) mass is 428 g/mol. The molecule has 174 valence electrons. The van der Waals surface area contributed by atoms with Crippen molar-refractivity contribution in [3.05, 3.63) is 60.2 Å². The van der Waals surface area contributed by atoms with Crippen molar-refractivity contribution in [1.29, 1.82) is 10.5 Å². The van der Waals surface area contributed by atoms with Crippen LogP contribution in [0, 0.1) is 22.8 Å². The van der Waals surface area contributed by atoms with E-state index in [4.69, 9.17) is 10.1 Å². The van der Waals surface area contributed by atoms with Crippen LogP contribution in [-0.2, 0) is 11.3 Å². The summed E-state index contributed by atoms with van der Waals surface area (Å²) in [6.45, 7) is 12.6. The zero-order valence-electron chi connectivity index (χ0n) is 21.2. The molecule has 1 unspecified atom stereocenters. The van der Waals surface area contributed by atoms with Crippen molar-refractivity contribution in [2.24, 2.45) is 0 Å². The Morgan fingerprint density at radius 2 is 1.58 bits per heavy atom. The number of hydrogen-bond acceptors (Lipinski definition) is 5. The van der Waals surface area contributed by atoms with Gasteiger partial charge >= 0.3 is 6.26 Å². The van der Waals surface area contributed by atoms with E-state index in [2.05, 4.69) is 25.1 Å². The summed E-state index contributed by atoms with van der Waals surface area (Å²) in [6, 6.07) is 12.3. The van der Waals surface area contributed by atoms with Gasteiger partial charge in [-0.25, -0.2) is 0 Å². The lowest BCUT2D eigenvalue weighted by Gasteiger charge is -2.34. The van der Waals surface area contributed by atoms with Crippen molar-refractivity contribution in [2.45, 2.75) is 66.3 Å². The van der Waals surface area contributed by atoms with Crippen LogP contribution in [0.2, 0.25) is 0 Å². The van der Waals surface area contributed by atoms with E-state index in [0.29, 0.717) is 13.0 Å². The molecule has 31 heavy (non-hydrogen) atoms. The zero-order chi connectivity index (χ0) is 24.5. The van der Waals surface area contributed by atoms with Gasteiger partial charge in [0.2, 0.25) is 0 Å². The Labute approximate surface area is 192 Å². The quantitative estimate of drug-likeness (QED) is 0.260. The molecule has 1 atom stereocenters. The van der Waals surface area contributed by atoms with E-state index in [1.54, 1.807) is 13.3 Å². The number of nitrogens with zero attached hydrogens (tertiary/aromatic N) is 4. The van der Waals surface area contributed by atoms with Crippen molar-refractivity contribution in [1.82, 2.24) is 9.96 Å². The summed E-state index contributed by atoms with van der Waals surface area (Å²) in [5, 5.41) is 19.6. The molecule has 1 aromatic rings. The van der Waals surface area contributed by atoms with E-state index in [9.17, 15) is 5.26 Å². The number of likely N-dealkylation sites (N-methyl/N-ethyl adjacent to an activating group) is 2. The van der Waals surface area contributed by atoms with Gasteiger partial charge in [0.1, 0.15) is 0 Å². The first-order chi connectivity index (χ1) is 15.0. The highest BCUT2D eigenvalue weighted by Crippen LogP contribution is 2.22. The van der Waals surface area contributed by atoms with E-state index < -0.39 is 5.54 Å². The fourth-order valence-electron chi connectivity index (χ4n) is 2.49. The van der Waals surface area contributed by atoms with Crippen molar-refractivity contribution in [2.75, 3.05) is 27.7 Å². The van der Waals surface area contributed by atoms with Gasteiger partial charge in [0, 0.05) is 13.6 Å². The first-order valence-electron chi connectivity index (χ1n) is 11.1. The molecular formula is C26H44N4O. The third-order valence-electron chi connectivity index (χ3n) is 3.91. The molecule has 0 radical (unpaired) electrons. The van der Waals surface area contributed by atoms with Crippen LogP contribution >= 0.6 is 0 Å². The van der Waals surface area contributed by atoms with Gasteiger partial charge in [-0.3, -0.25) is 0 Å². The molecule has 0 aromatic heterocycles. The molecule has 0 N–H and O–H groups in total. The summed E-state index contributed by atoms with van der Waals surface area (Å²) in [5.74, 6) is 0. The highest BCUT2D eigenvalue weighted by atomic mass is 16.7. The Kier molecular flexibility index (Phi) is 25.2. The molecule has 0 saturated carbocycles. The van der Waals surface area contributed by atoms with Gasteiger partial charge in [-0.15, -0.1) is 10.3 Å². The van der Waals surface area contributed by atoms with Gasteiger partial charge in [-0.2, -0.15) is 5.26 Å². The van der Waals surface area contributed by atoms with E-state index in [-0.39, 0.29) is 0 Å². The van der Waals surface area contributed by atoms with Crippen LogP contribution in [0.3, 0.4) is 0 Å². The van der Waals surface area contributed by atoms with Gasteiger partial charge in [-0.05, 0) is 45.8 Å². The van der Waals surface area contributed by atoms with Crippen LogP contribution in [0.4, 0.5) is 0 Å². The molecule has 0 fully saturated rings. The third-order valence-corrected chi connectivity index (χ3v) is 3.91. The molecule has 0 amide bonds. The van der Waals surface area contributed by atoms with E-state index in [1.165, 1.54) is 5.06 Å². The number of benzene rings is 1. The minimum atomic E-state index is -0.852. The molecule has 0 aliphatic heterocycles. The minimum absolute atomic E-state index is 0.495. The fourth-order valence-corrected chi connectivity index (χ4v) is 2.49. The molecule has 0 aliphatic rings. The maximum Gasteiger partial charge on any atom is 0.307 e. The lowest BCUT2D eigenvalue weighted by atomic mass is 9.92. The topological polar surface area (TPSA) is 63.3 Å². The van der Waals surface area contributed by atoms with Crippen molar-refractivity contribution in [3.8, 4) is 12.3 Å². The van der Waals surface area contributed by atoms with Crippen LogP contribution in [0.5, 0.6) is 0 Å². The summed E-state index contributed by atoms with van der Waals surface area (Å²) in [7, 11) is 5.42. The van der Waals surface area contributed by atoms with Crippen LogP contribution in [-0.4, -0.2) is 43.2 Å². The van der Waals surface area contributed by atoms with Gasteiger partial charge in [0.15, 0.2) is 5.54 Å². The lowest BCUT2D eigenvalue weighted by Crippen LogP contribution is -2.51. The molecular weight excluding hydrogens is 384 g/mol. The standard InChI is InChI=1S/C15H20N4O.C7H12.2C2H6/c1-18(2)12-15(11-16,19(3)20-13-17)10-9-14-7-5-4-6-8-14;1-3-5-7-6-4-2;2*1-2/h4-8H,9-10,12H2,1-3H3;3,5-7H,4H2,1-2H3;2*1-2H3/b;5-3-,7-6-;;. The summed E-state index contributed by atoms with van der Waals surface area (Å²) >= 11 is 0. The predicted molar refractivity (Wildman–Crippen MR) is 133 cm³/mol. The number of allylic oxidation sites excluding steroid dienone is 4. The van der Waals surface area contributed by atoms with E-state index in [0.717, 1.165) is 18.4 Å². The van der Waals surface area contributed by atoms with Crippen molar-refractivity contribution in [3.63, 3.8) is 0 Å². The van der Waals surface area contributed by atoms with Gasteiger partial charge < -0.3 is 9.74 Å². The second-order valence-corrected chi connectivity index (χ2v) is 6.41.